The Balaban J connectivity index is 2.08. The van der Waals surface area contributed by atoms with E-state index in [1.807, 2.05) is 56.4 Å². The van der Waals surface area contributed by atoms with E-state index in [2.05, 4.69) is 17.4 Å². The van der Waals surface area contributed by atoms with Gasteiger partial charge in [0.1, 0.15) is 0 Å². The Morgan fingerprint density at radius 1 is 1.10 bits per heavy atom. The van der Waals surface area contributed by atoms with Gasteiger partial charge < -0.3 is 5.32 Å². The molecule has 2 aromatic carbocycles. The van der Waals surface area contributed by atoms with Crippen molar-refractivity contribution in [3.8, 4) is 0 Å². The maximum atomic E-state index is 12.6. The quantitative estimate of drug-likeness (QED) is 0.873. The van der Waals surface area contributed by atoms with Crippen LogP contribution < -0.4 is 5.32 Å². The van der Waals surface area contributed by atoms with Gasteiger partial charge in [0, 0.05) is 27.6 Å². The molecule has 0 aliphatic heterocycles. The molecule has 112 valence electrons. The molecule has 0 aliphatic rings. The number of benzene rings is 2. The van der Waals surface area contributed by atoms with Crippen LogP contribution in [0.5, 0.6) is 0 Å². The van der Waals surface area contributed by atoms with Crippen LogP contribution in [0.3, 0.4) is 0 Å². The van der Waals surface area contributed by atoms with Gasteiger partial charge in [0.15, 0.2) is 0 Å². The summed E-state index contributed by atoms with van der Waals surface area (Å²) in [7, 11) is 0.952. The fourth-order valence-electron chi connectivity index (χ4n) is 2.36. The molecule has 0 amide bonds. The van der Waals surface area contributed by atoms with Crippen molar-refractivity contribution in [2.24, 2.45) is 0 Å². The van der Waals surface area contributed by atoms with E-state index >= 15 is 0 Å². The van der Waals surface area contributed by atoms with Crippen LogP contribution >= 0.6 is 11.6 Å². The number of nitrogens with one attached hydrogen (secondary N) is 1. The first-order valence-corrected chi connectivity index (χ1v) is 8.71. The molecule has 3 atom stereocenters. The smallest absolute Gasteiger partial charge is 0.0518 e. The molecule has 2 aromatic rings. The van der Waals surface area contributed by atoms with Crippen LogP contribution in [0.1, 0.15) is 24.1 Å². The first kappa shape index (κ1) is 16.2. The van der Waals surface area contributed by atoms with E-state index in [0.717, 1.165) is 11.1 Å². The first-order chi connectivity index (χ1) is 10.1. The lowest BCUT2D eigenvalue weighted by Gasteiger charge is -2.23. The molecule has 0 fully saturated rings. The Morgan fingerprint density at radius 3 is 2.29 bits per heavy atom. The van der Waals surface area contributed by atoms with Crippen molar-refractivity contribution < 1.29 is 4.21 Å². The Morgan fingerprint density at radius 2 is 1.71 bits per heavy atom. The van der Waals surface area contributed by atoms with E-state index in [4.69, 9.17) is 11.6 Å². The predicted octanol–water partition coefficient (Wildman–Crippen LogP) is 3.94. The fourth-order valence-corrected chi connectivity index (χ4v) is 3.87. The molecule has 0 bridgehead atoms. The van der Waals surface area contributed by atoms with Crippen LogP contribution in [0.15, 0.2) is 54.6 Å². The maximum Gasteiger partial charge on any atom is 0.0518 e. The van der Waals surface area contributed by atoms with Crippen LogP contribution in [0.2, 0.25) is 5.02 Å². The summed E-state index contributed by atoms with van der Waals surface area (Å²) < 4.78 is 12.6. The molecule has 0 heterocycles. The molecule has 3 unspecified atom stereocenters. The van der Waals surface area contributed by atoms with Gasteiger partial charge in [-0.25, -0.2) is 0 Å². The summed E-state index contributed by atoms with van der Waals surface area (Å²) in [4.78, 5) is 0. The highest BCUT2D eigenvalue weighted by Gasteiger charge is 2.22. The van der Waals surface area contributed by atoms with Crippen molar-refractivity contribution in [3.05, 3.63) is 70.7 Å². The minimum Gasteiger partial charge on any atom is -0.312 e. The van der Waals surface area contributed by atoms with Crippen molar-refractivity contribution in [2.75, 3.05) is 7.05 Å². The number of halogens is 1. The van der Waals surface area contributed by atoms with E-state index in [0.29, 0.717) is 10.8 Å². The van der Waals surface area contributed by atoms with Gasteiger partial charge in [-0.05, 0) is 37.2 Å². The molecule has 1 N–H and O–H groups in total. The van der Waals surface area contributed by atoms with Gasteiger partial charge in [-0.2, -0.15) is 0 Å². The van der Waals surface area contributed by atoms with Crippen LogP contribution in [-0.4, -0.2) is 16.5 Å². The average Bonchev–Trinajstić information content (AvgIpc) is 2.51. The van der Waals surface area contributed by atoms with Crippen molar-refractivity contribution >= 4 is 22.4 Å². The number of hydrogen-bond donors (Lipinski definition) is 1. The molecule has 0 radical (unpaired) electrons. The summed E-state index contributed by atoms with van der Waals surface area (Å²) in [5.74, 6) is 0.545. The molecule has 0 saturated heterocycles. The number of rotatable bonds is 6. The second-order valence-electron chi connectivity index (χ2n) is 5.03. The van der Waals surface area contributed by atoms with Crippen molar-refractivity contribution in [1.82, 2.24) is 5.32 Å². The third-order valence-electron chi connectivity index (χ3n) is 3.58. The second-order valence-corrected chi connectivity index (χ2v) is 7.26. The first-order valence-electron chi connectivity index (χ1n) is 6.95. The summed E-state index contributed by atoms with van der Waals surface area (Å²) in [6.07, 6.45) is 0. The van der Waals surface area contributed by atoms with Crippen LogP contribution in [-0.2, 0) is 16.6 Å². The summed E-state index contributed by atoms with van der Waals surface area (Å²) in [6.45, 7) is 2.03. The van der Waals surface area contributed by atoms with Gasteiger partial charge in [-0.1, -0.05) is 54.1 Å². The van der Waals surface area contributed by atoms with Gasteiger partial charge in [0.05, 0.1) is 5.25 Å². The van der Waals surface area contributed by atoms with E-state index in [1.165, 1.54) is 0 Å². The standard InChI is InChI=1S/C17H20ClNOS/c1-13(17(19-2)15-6-4-3-5-7-15)21(20)12-14-8-10-16(18)11-9-14/h3-11,13,17,19H,12H2,1-2H3. The zero-order chi connectivity index (χ0) is 15.2. The van der Waals surface area contributed by atoms with E-state index in [9.17, 15) is 4.21 Å². The van der Waals surface area contributed by atoms with Crippen LogP contribution in [0, 0.1) is 0 Å². The average molecular weight is 322 g/mol. The Bertz CT molecular complexity index is 585. The molecule has 0 saturated carbocycles. The molecule has 0 spiro atoms. The highest BCUT2D eigenvalue weighted by Crippen LogP contribution is 2.22. The third-order valence-corrected chi connectivity index (χ3v) is 5.55. The molecule has 2 nitrogen and oxygen atoms in total. The van der Waals surface area contributed by atoms with Crippen molar-refractivity contribution in [3.63, 3.8) is 0 Å². The van der Waals surface area contributed by atoms with Gasteiger partial charge in [-0.3, -0.25) is 4.21 Å². The van der Waals surface area contributed by atoms with Crippen LogP contribution in [0.4, 0.5) is 0 Å². The minimum atomic E-state index is -0.958. The summed E-state index contributed by atoms with van der Waals surface area (Å²) in [5, 5.41) is 4.00. The molecule has 0 aliphatic carbocycles. The Kier molecular flexibility index (Phi) is 5.97. The SMILES string of the molecule is CNC(c1ccccc1)C(C)S(=O)Cc1ccc(Cl)cc1. The highest BCUT2D eigenvalue weighted by atomic mass is 35.5. The van der Waals surface area contributed by atoms with Crippen molar-refractivity contribution in [2.45, 2.75) is 24.0 Å². The minimum absolute atomic E-state index is 0.0214. The van der Waals surface area contributed by atoms with Gasteiger partial charge in [0.2, 0.25) is 0 Å². The lowest BCUT2D eigenvalue weighted by Crippen LogP contribution is -2.31. The van der Waals surface area contributed by atoms with Gasteiger partial charge >= 0.3 is 0 Å². The highest BCUT2D eigenvalue weighted by molar-refractivity contribution is 7.84. The number of hydrogen-bond acceptors (Lipinski definition) is 2. The Hall–Kier alpha value is -1.16. The summed E-state index contributed by atoms with van der Waals surface area (Å²) in [6, 6.07) is 17.8. The van der Waals surface area contributed by atoms with Crippen molar-refractivity contribution in [1.29, 1.82) is 0 Å². The fraction of sp³-hybridized carbons (Fsp3) is 0.294. The lowest BCUT2D eigenvalue weighted by molar-refractivity contribution is 0.569. The summed E-state index contributed by atoms with van der Waals surface area (Å²) >= 11 is 5.88. The van der Waals surface area contributed by atoms with Crippen LogP contribution in [0.25, 0.3) is 0 Å². The van der Waals surface area contributed by atoms with Gasteiger partial charge in [0.25, 0.3) is 0 Å². The molecule has 4 heteroatoms. The molecule has 21 heavy (non-hydrogen) atoms. The largest absolute Gasteiger partial charge is 0.312 e. The normalized spacial score (nSPS) is 15.4. The summed E-state index contributed by atoms with van der Waals surface area (Å²) in [5.41, 5.74) is 2.21. The predicted molar refractivity (Wildman–Crippen MR) is 91.0 cm³/mol. The second kappa shape index (κ2) is 7.74. The van der Waals surface area contributed by atoms with E-state index in [1.54, 1.807) is 0 Å². The molecular formula is C17H20ClNOS. The maximum absolute atomic E-state index is 12.6. The molecule has 2 rings (SSSR count). The zero-order valence-corrected chi connectivity index (χ0v) is 13.8. The van der Waals surface area contributed by atoms with Gasteiger partial charge in [-0.15, -0.1) is 0 Å². The molecule has 0 aromatic heterocycles. The Labute approximate surface area is 134 Å². The lowest BCUT2D eigenvalue weighted by atomic mass is 10.0. The zero-order valence-electron chi connectivity index (χ0n) is 12.3. The monoisotopic (exact) mass is 321 g/mol. The van der Waals surface area contributed by atoms with E-state index < -0.39 is 10.8 Å². The van der Waals surface area contributed by atoms with E-state index in [-0.39, 0.29) is 11.3 Å². The topological polar surface area (TPSA) is 29.1 Å². The molecular weight excluding hydrogens is 302 g/mol. The third kappa shape index (κ3) is 4.40.